The molecule has 1 aliphatic carbocycles. The third kappa shape index (κ3) is 6.51. The standard InChI is InChI=1S/C18H28N4OS.HI/c1-19-18(22-13-16-9-5-11-24-16)21-12-14-6-4-10-20-17(14)23-15-7-2-3-8-15;/h4,6,10,15-16H,2-3,5,7-9,11-13H2,1H3,(H2,19,21,22);1H. The van der Waals surface area contributed by atoms with Crippen molar-refractivity contribution in [2.45, 2.75) is 56.4 Å². The van der Waals surface area contributed by atoms with E-state index in [1.807, 2.05) is 13.1 Å². The minimum atomic E-state index is 0. The van der Waals surface area contributed by atoms with Gasteiger partial charge in [0.15, 0.2) is 5.96 Å². The molecule has 1 saturated heterocycles. The maximum absolute atomic E-state index is 6.10. The predicted molar refractivity (Wildman–Crippen MR) is 116 cm³/mol. The molecule has 2 fully saturated rings. The molecule has 140 valence electrons. The number of nitrogens with zero attached hydrogens (tertiary/aromatic N) is 2. The average Bonchev–Trinajstić information content (AvgIpc) is 3.30. The van der Waals surface area contributed by atoms with Crippen LogP contribution in [0.25, 0.3) is 0 Å². The van der Waals surface area contributed by atoms with Gasteiger partial charge in [0.2, 0.25) is 5.88 Å². The van der Waals surface area contributed by atoms with Crippen LogP contribution in [0.15, 0.2) is 23.3 Å². The van der Waals surface area contributed by atoms with E-state index >= 15 is 0 Å². The lowest BCUT2D eigenvalue weighted by Crippen LogP contribution is -2.39. The molecule has 1 aromatic heterocycles. The third-order valence-electron chi connectivity index (χ3n) is 4.62. The van der Waals surface area contributed by atoms with Gasteiger partial charge in [0.25, 0.3) is 0 Å². The first-order valence-corrected chi connectivity index (χ1v) is 10.1. The topological polar surface area (TPSA) is 58.5 Å². The number of rotatable bonds is 6. The van der Waals surface area contributed by atoms with Crippen LogP contribution in [0.4, 0.5) is 0 Å². The lowest BCUT2D eigenvalue weighted by molar-refractivity contribution is 0.199. The van der Waals surface area contributed by atoms with Crippen LogP contribution < -0.4 is 15.4 Å². The molecule has 1 atom stereocenters. The average molecular weight is 476 g/mol. The van der Waals surface area contributed by atoms with Gasteiger partial charge in [0.1, 0.15) is 6.10 Å². The highest BCUT2D eigenvalue weighted by atomic mass is 127. The molecule has 2 N–H and O–H groups in total. The van der Waals surface area contributed by atoms with E-state index in [-0.39, 0.29) is 24.0 Å². The Morgan fingerprint density at radius 1 is 1.28 bits per heavy atom. The normalized spacial score (nSPS) is 21.0. The number of hydrogen-bond acceptors (Lipinski definition) is 4. The van der Waals surface area contributed by atoms with Crippen LogP contribution >= 0.6 is 35.7 Å². The van der Waals surface area contributed by atoms with Crippen LogP contribution in [0.3, 0.4) is 0 Å². The number of aromatic nitrogens is 1. The van der Waals surface area contributed by atoms with Crippen molar-refractivity contribution in [2.24, 2.45) is 4.99 Å². The minimum absolute atomic E-state index is 0. The monoisotopic (exact) mass is 476 g/mol. The van der Waals surface area contributed by atoms with E-state index in [0.29, 0.717) is 17.9 Å². The molecule has 1 aliphatic heterocycles. The molecule has 0 spiro atoms. The van der Waals surface area contributed by atoms with E-state index in [0.717, 1.165) is 36.8 Å². The smallest absolute Gasteiger partial charge is 0.218 e. The third-order valence-corrected chi connectivity index (χ3v) is 6.02. The molecular weight excluding hydrogens is 447 g/mol. The quantitative estimate of drug-likeness (QED) is 0.374. The molecule has 1 aromatic rings. The predicted octanol–water partition coefficient (Wildman–Crippen LogP) is 3.58. The summed E-state index contributed by atoms with van der Waals surface area (Å²) in [7, 11) is 1.82. The largest absolute Gasteiger partial charge is 0.474 e. The Kier molecular flexibility index (Phi) is 9.16. The van der Waals surface area contributed by atoms with Crippen molar-refractivity contribution in [3.05, 3.63) is 23.9 Å². The van der Waals surface area contributed by atoms with E-state index in [2.05, 4.69) is 38.4 Å². The fraction of sp³-hybridized carbons (Fsp3) is 0.667. The van der Waals surface area contributed by atoms with Crippen molar-refractivity contribution in [3.8, 4) is 5.88 Å². The second-order valence-corrected chi connectivity index (χ2v) is 7.84. The van der Waals surface area contributed by atoms with Gasteiger partial charge in [0.05, 0.1) is 0 Å². The number of thioether (sulfide) groups is 1. The van der Waals surface area contributed by atoms with Gasteiger partial charge in [-0.05, 0) is 50.3 Å². The van der Waals surface area contributed by atoms with Gasteiger partial charge in [-0.2, -0.15) is 11.8 Å². The number of halogens is 1. The molecule has 1 unspecified atom stereocenters. The van der Waals surface area contributed by atoms with Crippen molar-refractivity contribution >= 4 is 41.7 Å². The molecule has 0 aromatic carbocycles. The molecular formula is C18H29IN4OS. The summed E-state index contributed by atoms with van der Waals surface area (Å²) in [6.07, 6.45) is 9.59. The Morgan fingerprint density at radius 3 is 2.84 bits per heavy atom. The fourth-order valence-corrected chi connectivity index (χ4v) is 4.45. The zero-order valence-electron chi connectivity index (χ0n) is 14.9. The van der Waals surface area contributed by atoms with Crippen molar-refractivity contribution < 1.29 is 4.74 Å². The molecule has 0 bridgehead atoms. The Bertz CT molecular complexity index is 546. The van der Waals surface area contributed by atoms with Crippen LogP contribution in [0.2, 0.25) is 0 Å². The van der Waals surface area contributed by atoms with Gasteiger partial charge in [-0.1, -0.05) is 6.07 Å². The summed E-state index contributed by atoms with van der Waals surface area (Å²) in [5.74, 6) is 2.90. The number of guanidine groups is 1. The van der Waals surface area contributed by atoms with E-state index in [1.54, 1.807) is 6.20 Å². The molecule has 0 radical (unpaired) electrons. The van der Waals surface area contributed by atoms with Crippen LogP contribution in [0.5, 0.6) is 5.88 Å². The Morgan fingerprint density at radius 2 is 2.12 bits per heavy atom. The van der Waals surface area contributed by atoms with Crippen LogP contribution in [0, 0.1) is 0 Å². The first kappa shape index (κ1) is 20.6. The molecule has 25 heavy (non-hydrogen) atoms. The zero-order chi connectivity index (χ0) is 16.6. The van der Waals surface area contributed by atoms with E-state index in [4.69, 9.17) is 4.74 Å². The number of hydrogen-bond donors (Lipinski definition) is 2. The molecule has 5 nitrogen and oxygen atoms in total. The highest BCUT2D eigenvalue weighted by Gasteiger charge is 2.19. The summed E-state index contributed by atoms with van der Waals surface area (Å²) in [6.45, 7) is 1.65. The lowest BCUT2D eigenvalue weighted by atomic mass is 10.2. The van der Waals surface area contributed by atoms with Gasteiger partial charge < -0.3 is 15.4 Å². The van der Waals surface area contributed by atoms with E-state index in [1.165, 1.54) is 31.4 Å². The Balaban J connectivity index is 0.00000225. The van der Waals surface area contributed by atoms with Crippen molar-refractivity contribution in [2.75, 3.05) is 19.3 Å². The summed E-state index contributed by atoms with van der Waals surface area (Å²) in [5.41, 5.74) is 1.09. The number of nitrogens with one attached hydrogen (secondary N) is 2. The summed E-state index contributed by atoms with van der Waals surface area (Å²) in [5, 5.41) is 7.53. The highest BCUT2D eigenvalue weighted by Crippen LogP contribution is 2.26. The number of ether oxygens (including phenoxy) is 1. The maximum atomic E-state index is 6.10. The Labute approximate surface area is 172 Å². The summed E-state index contributed by atoms with van der Waals surface area (Å²) < 4.78 is 6.10. The van der Waals surface area contributed by atoms with Crippen molar-refractivity contribution in [3.63, 3.8) is 0 Å². The SMILES string of the molecule is CN=C(NCc1cccnc1OC1CCCC1)NCC1CCCS1.I. The van der Waals surface area contributed by atoms with Crippen LogP contribution in [-0.2, 0) is 6.54 Å². The number of pyridine rings is 1. The van der Waals surface area contributed by atoms with Gasteiger partial charge in [-0.25, -0.2) is 4.98 Å². The number of aliphatic imine (C=N–C) groups is 1. The Hall–Kier alpha value is -0.700. The maximum Gasteiger partial charge on any atom is 0.218 e. The second kappa shape index (κ2) is 11.1. The summed E-state index contributed by atoms with van der Waals surface area (Å²) in [6, 6.07) is 4.04. The fourth-order valence-electron chi connectivity index (χ4n) is 3.24. The lowest BCUT2D eigenvalue weighted by Gasteiger charge is -2.17. The molecule has 2 heterocycles. The summed E-state index contributed by atoms with van der Waals surface area (Å²) in [4.78, 5) is 8.75. The second-order valence-electron chi connectivity index (χ2n) is 6.43. The first-order chi connectivity index (χ1) is 11.8. The van der Waals surface area contributed by atoms with Crippen LogP contribution in [0.1, 0.15) is 44.1 Å². The van der Waals surface area contributed by atoms with Crippen molar-refractivity contribution in [1.29, 1.82) is 0 Å². The highest BCUT2D eigenvalue weighted by molar-refractivity contribution is 14.0. The molecule has 2 aliphatic rings. The summed E-state index contributed by atoms with van der Waals surface area (Å²) >= 11 is 2.05. The minimum Gasteiger partial charge on any atom is -0.474 e. The van der Waals surface area contributed by atoms with Gasteiger partial charge in [0, 0.05) is 37.1 Å². The molecule has 0 amide bonds. The van der Waals surface area contributed by atoms with E-state index in [9.17, 15) is 0 Å². The zero-order valence-corrected chi connectivity index (χ0v) is 18.0. The van der Waals surface area contributed by atoms with Crippen LogP contribution in [-0.4, -0.2) is 41.6 Å². The van der Waals surface area contributed by atoms with E-state index < -0.39 is 0 Å². The molecule has 7 heteroatoms. The van der Waals surface area contributed by atoms with Gasteiger partial charge in [-0.15, -0.1) is 24.0 Å². The van der Waals surface area contributed by atoms with Gasteiger partial charge >= 0.3 is 0 Å². The first-order valence-electron chi connectivity index (χ1n) is 9.02. The molecule has 1 saturated carbocycles. The van der Waals surface area contributed by atoms with Crippen molar-refractivity contribution in [1.82, 2.24) is 15.6 Å². The van der Waals surface area contributed by atoms with Gasteiger partial charge in [-0.3, -0.25) is 4.99 Å². The molecule has 3 rings (SSSR count).